The summed E-state index contributed by atoms with van der Waals surface area (Å²) in [6.07, 6.45) is 0.615. The molecule has 0 bridgehead atoms. The summed E-state index contributed by atoms with van der Waals surface area (Å²) in [6.45, 7) is 0. The highest BCUT2D eigenvalue weighted by Gasteiger charge is 2.14. The van der Waals surface area contributed by atoms with Crippen LogP contribution in [0.4, 0.5) is 5.69 Å². The van der Waals surface area contributed by atoms with Crippen molar-refractivity contribution in [3.63, 3.8) is 0 Å². The van der Waals surface area contributed by atoms with Crippen molar-refractivity contribution in [1.82, 2.24) is 0 Å². The van der Waals surface area contributed by atoms with Gasteiger partial charge in [0.25, 0.3) is 0 Å². The number of benzene rings is 4. The average molecular weight is 381 g/mol. The van der Waals surface area contributed by atoms with Crippen LogP contribution >= 0.6 is 0 Å². The first-order chi connectivity index (χ1) is 14.0. The molecule has 0 heterocycles. The van der Waals surface area contributed by atoms with E-state index >= 15 is 0 Å². The van der Waals surface area contributed by atoms with Crippen molar-refractivity contribution in [2.75, 3.05) is 19.0 Å². The van der Waals surface area contributed by atoms with Crippen LogP contribution < -0.4 is 4.90 Å². The number of aromatic hydroxyl groups is 1. The minimum absolute atomic E-state index is 0.0000726. The fourth-order valence-corrected chi connectivity index (χ4v) is 3.75. The van der Waals surface area contributed by atoms with Crippen LogP contribution in [0.2, 0.25) is 0 Å². The zero-order valence-corrected chi connectivity index (χ0v) is 16.6. The lowest BCUT2D eigenvalue weighted by atomic mass is 9.94. The van der Waals surface area contributed by atoms with Crippen LogP contribution in [0.15, 0.2) is 84.9 Å². The summed E-state index contributed by atoms with van der Waals surface area (Å²) in [4.78, 5) is 14.9. The van der Waals surface area contributed by atoms with E-state index < -0.39 is 0 Å². The molecule has 0 saturated heterocycles. The predicted molar refractivity (Wildman–Crippen MR) is 119 cm³/mol. The van der Waals surface area contributed by atoms with Crippen molar-refractivity contribution in [1.29, 1.82) is 0 Å². The average Bonchev–Trinajstić information content (AvgIpc) is 2.75. The third-order valence-electron chi connectivity index (χ3n) is 5.25. The molecule has 0 aliphatic heterocycles. The third-order valence-corrected chi connectivity index (χ3v) is 5.25. The lowest BCUT2D eigenvalue weighted by Gasteiger charge is -2.18. The number of carbonyl (C=O) groups is 1. The van der Waals surface area contributed by atoms with Gasteiger partial charge in [-0.2, -0.15) is 0 Å². The Kier molecular flexibility index (Phi) is 5.05. The van der Waals surface area contributed by atoms with Gasteiger partial charge in [0.15, 0.2) is 5.78 Å². The molecule has 0 atom stereocenters. The molecule has 0 fully saturated rings. The SMILES string of the molecule is CN(C)c1ccccc1Cc1c(O)ccc2cc(C(=O)c3ccccc3)ccc12. The number of hydrogen-bond acceptors (Lipinski definition) is 3. The maximum Gasteiger partial charge on any atom is 0.193 e. The molecular formula is C26H23NO2. The van der Waals surface area contributed by atoms with E-state index in [4.69, 9.17) is 0 Å². The van der Waals surface area contributed by atoms with Crippen molar-refractivity contribution in [2.45, 2.75) is 6.42 Å². The molecule has 0 aliphatic rings. The second kappa shape index (κ2) is 7.80. The Balaban J connectivity index is 1.76. The number of anilines is 1. The van der Waals surface area contributed by atoms with Gasteiger partial charge in [-0.3, -0.25) is 4.79 Å². The topological polar surface area (TPSA) is 40.5 Å². The molecule has 0 aliphatic carbocycles. The number of carbonyl (C=O) groups excluding carboxylic acids is 1. The maximum atomic E-state index is 12.8. The smallest absolute Gasteiger partial charge is 0.193 e. The zero-order chi connectivity index (χ0) is 20.4. The summed E-state index contributed by atoms with van der Waals surface area (Å²) in [5.41, 5.74) is 4.46. The van der Waals surface area contributed by atoms with E-state index in [2.05, 4.69) is 17.0 Å². The normalized spacial score (nSPS) is 10.8. The number of nitrogens with zero attached hydrogens (tertiary/aromatic N) is 1. The Bertz CT molecular complexity index is 1180. The Morgan fingerprint density at radius 1 is 0.828 bits per heavy atom. The first-order valence-electron chi connectivity index (χ1n) is 9.64. The zero-order valence-electron chi connectivity index (χ0n) is 16.6. The lowest BCUT2D eigenvalue weighted by Crippen LogP contribution is -2.11. The first-order valence-corrected chi connectivity index (χ1v) is 9.64. The van der Waals surface area contributed by atoms with Gasteiger partial charge in [0.1, 0.15) is 5.75 Å². The molecule has 0 spiro atoms. The molecule has 4 aromatic carbocycles. The number of fused-ring (bicyclic) bond motifs is 1. The van der Waals surface area contributed by atoms with E-state index in [0.29, 0.717) is 17.5 Å². The van der Waals surface area contributed by atoms with Crippen molar-refractivity contribution >= 4 is 22.2 Å². The Labute approximate surface area is 170 Å². The van der Waals surface area contributed by atoms with Gasteiger partial charge in [0.2, 0.25) is 0 Å². The van der Waals surface area contributed by atoms with E-state index in [1.807, 2.05) is 80.8 Å². The van der Waals surface area contributed by atoms with Gasteiger partial charge in [-0.15, -0.1) is 0 Å². The number of hydrogen-bond donors (Lipinski definition) is 1. The third kappa shape index (κ3) is 3.72. The quantitative estimate of drug-likeness (QED) is 0.469. The van der Waals surface area contributed by atoms with Crippen LogP contribution in [0.1, 0.15) is 27.0 Å². The standard InChI is InChI=1S/C26H23NO2/c1-27(2)24-11-7-6-10-20(24)17-23-22-14-12-21(16-19(22)13-15-25(23)28)26(29)18-8-4-3-5-9-18/h3-16,28H,17H2,1-2H3. The van der Waals surface area contributed by atoms with Crippen LogP contribution in [0.5, 0.6) is 5.75 Å². The van der Waals surface area contributed by atoms with E-state index in [9.17, 15) is 9.90 Å². The van der Waals surface area contributed by atoms with Gasteiger partial charge in [-0.25, -0.2) is 0 Å². The molecule has 144 valence electrons. The number of phenols is 1. The van der Waals surface area contributed by atoms with Gasteiger partial charge in [-0.1, -0.05) is 66.7 Å². The van der Waals surface area contributed by atoms with Crippen molar-refractivity contribution in [3.05, 3.63) is 107 Å². The predicted octanol–water partition coefficient (Wildman–Crippen LogP) is 5.43. The molecule has 29 heavy (non-hydrogen) atoms. The van der Waals surface area contributed by atoms with Crippen LogP contribution in [0.25, 0.3) is 10.8 Å². The number of rotatable bonds is 5. The number of ketones is 1. The molecule has 0 unspecified atom stereocenters. The van der Waals surface area contributed by atoms with E-state index in [0.717, 1.165) is 27.6 Å². The van der Waals surface area contributed by atoms with Crippen molar-refractivity contribution in [2.24, 2.45) is 0 Å². The fraction of sp³-hybridized carbons (Fsp3) is 0.115. The molecule has 0 amide bonds. The largest absolute Gasteiger partial charge is 0.508 e. The summed E-state index contributed by atoms with van der Waals surface area (Å²) in [5, 5.41) is 12.5. The Morgan fingerprint density at radius 3 is 2.31 bits per heavy atom. The number of para-hydroxylation sites is 1. The lowest BCUT2D eigenvalue weighted by molar-refractivity contribution is 0.103. The van der Waals surface area contributed by atoms with Crippen molar-refractivity contribution < 1.29 is 9.90 Å². The maximum absolute atomic E-state index is 12.8. The second-order valence-corrected chi connectivity index (χ2v) is 7.39. The van der Waals surface area contributed by atoms with Crippen LogP contribution in [-0.2, 0) is 6.42 Å². The van der Waals surface area contributed by atoms with Gasteiger partial charge in [0, 0.05) is 42.9 Å². The monoisotopic (exact) mass is 381 g/mol. The molecule has 4 rings (SSSR count). The highest BCUT2D eigenvalue weighted by Crippen LogP contribution is 2.32. The van der Waals surface area contributed by atoms with E-state index in [1.165, 1.54) is 0 Å². The summed E-state index contributed by atoms with van der Waals surface area (Å²) >= 11 is 0. The summed E-state index contributed by atoms with van der Waals surface area (Å²) in [5.74, 6) is 0.272. The molecule has 3 nitrogen and oxygen atoms in total. The molecule has 4 aromatic rings. The minimum Gasteiger partial charge on any atom is -0.508 e. The highest BCUT2D eigenvalue weighted by molar-refractivity contribution is 6.10. The molecule has 3 heteroatoms. The molecule has 0 aromatic heterocycles. The fourth-order valence-electron chi connectivity index (χ4n) is 3.75. The molecular weight excluding hydrogens is 358 g/mol. The first kappa shape index (κ1) is 18.8. The van der Waals surface area contributed by atoms with E-state index in [1.54, 1.807) is 6.07 Å². The van der Waals surface area contributed by atoms with Gasteiger partial charge in [0.05, 0.1) is 0 Å². The molecule has 0 radical (unpaired) electrons. The van der Waals surface area contributed by atoms with Crippen molar-refractivity contribution in [3.8, 4) is 5.75 Å². The number of phenolic OH excluding ortho intramolecular Hbond substituents is 1. The molecule has 1 N–H and O–H groups in total. The summed E-state index contributed by atoms with van der Waals surface area (Å²) in [7, 11) is 4.03. The van der Waals surface area contributed by atoms with Crippen LogP contribution in [-0.4, -0.2) is 25.0 Å². The Hall–Kier alpha value is -3.59. The van der Waals surface area contributed by atoms with Gasteiger partial charge in [-0.05, 0) is 34.5 Å². The van der Waals surface area contributed by atoms with E-state index in [-0.39, 0.29) is 11.5 Å². The summed E-state index contributed by atoms with van der Waals surface area (Å²) in [6, 6.07) is 26.8. The van der Waals surface area contributed by atoms with Crippen LogP contribution in [0.3, 0.4) is 0 Å². The second-order valence-electron chi connectivity index (χ2n) is 7.39. The Morgan fingerprint density at radius 2 is 1.55 bits per heavy atom. The van der Waals surface area contributed by atoms with Gasteiger partial charge < -0.3 is 10.0 Å². The highest BCUT2D eigenvalue weighted by atomic mass is 16.3. The summed E-state index contributed by atoms with van der Waals surface area (Å²) < 4.78 is 0. The van der Waals surface area contributed by atoms with Gasteiger partial charge >= 0.3 is 0 Å². The molecule has 0 saturated carbocycles. The van der Waals surface area contributed by atoms with Crippen LogP contribution in [0, 0.1) is 0 Å². The minimum atomic E-state index is 0.0000726.